The van der Waals surface area contributed by atoms with E-state index in [0.717, 1.165) is 26.6 Å². The first-order valence-corrected chi connectivity index (χ1v) is 12.2. The van der Waals surface area contributed by atoms with Crippen LogP contribution in [0.2, 0.25) is 0 Å². The van der Waals surface area contributed by atoms with Crippen LogP contribution in [0.25, 0.3) is 0 Å². The zero-order chi connectivity index (χ0) is 24.9. The molecule has 180 valence electrons. The van der Waals surface area contributed by atoms with E-state index in [1.807, 2.05) is 32.0 Å². The predicted octanol–water partition coefficient (Wildman–Crippen LogP) is 4.14. The summed E-state index contributed by atoms with van der Waals surface area (Å²) in [5.74, 6) is 0.512. The second kappa shape index (κ2) is 10.6. The SMILES string of the molecule is COc1ccc(CNC(=O)CN(c2cc(C)cc(C)c2)S(=O)(=O)c2cc(C)ccc2OC)cc1. The highest BCUT2D eigenvalue weighted by molar-refractivity contribution is 7.93. The van der Waals surface area contributed by atoms with Gasteiger partial charge in [-0.1, -0.05) is 24.3 Å². The Bertz CT molecular complexity index is 1250. The van der Waals surface area contributed by atoms with Crippen LogP contribution in [0.15, 0.2) is 65.6 Å². The third-order valence-electron chi connectivity index (χ3n) is 5.32. The zero-order valence-corrected chi connectivity index (χ0v) is 20.9. The van der Waals surface area contributed by atoms with Crippen molar-refractivity contribution in [3.8, 4) is 11.5 Å². The van der Waals surface area contributed by atoms with Crippen molar-refractivity contribution in [3.63, 3.8) is 0 Å². The van der Waals surface area contributed by atoms with Crippen molar-refractivity contribution in [2.24, 2.45) is 0 Å². The number of aryl methyl sites for hydroxylation is 3. The first-order chi connectivity index (χ1) is 16.1. The van der Waals surface area contributed by atoms with Gasteiger partial charge in [0.25, 0.3) is 10.0 Å². The third-order valence-corrected chi connectivity index (χ3v) is 7.11. The van der Waals surface area contributed by atoms with E-state index in [-0.39, 0.29) is 23.7 Å². The molecule has 0 spiro atoms. The number of rotatable bonds is 9. The standard InChI is InChI=1S/C26H30N2O5S/c1-18-6-11-24(33-5)25(15-18)34(30,31)28(22-13-19(2)12-20(3)14-22)17-26(29)27-16-21-7-9-23(32-4)10-8-21/h6-15H,16-17H2,1-5H3,(H,27,29). The molecule has 0 aliphatic carbocycles. The lowest BCUT2D eigenvalue weighted by Gasteiger charge is -2.26. The molecule has 7 nitrogen and oxygen atoms in total. The van der Waals surface area contributed by atoms with Gasteiger partial charge in [-0.3, -0.25) is 9.10 Å². The Morgan fingerprint density at radius 1 is 0.853 bits per heavy atom. The number of nitrogens with one attached hydrogen (secondary N) is 1. The van der Waals surface area contributed by atoms with Gasteiger partial charge in [-0.15, -0.1) is 0 Å². The summed E-state index contributed by atoms with van der Waals surface area (Å²) < 4.78 is 39.3. The number of benzene rings is 3. The van der Waals surface area contributed by atoms with Crippen LogP contribution in [0.4, 0.5) is 5.69 Å². The van der Waals surface area contributed by atoms with Crippen LogP contribution in [0, 0.1) is 20.8 Å². The van der Waals surface area contributed by atoms with E-state index in [9.17, 15) is 13.2 Å². The molecule has 0 atom stereocenters. The van der Waals surface area contributed by atoms with E-state index in [1.54, 1.807) is 56.5 Å². The molecule has 0 heterocycles. The number of methoxy groups -OCH3 is 2. The molecule has 0 bridgehead atoms. The minimum absolute atomic E-state index is 0.0112. The van der Waals surface area contributed by atoms with Gasteiger partial charge in [0.05, 0.1) is 19.9 Å². The van der Waals surface area contributed by atoms with Gasteiger partial charge in [0.1, 0.15) is 22.9 Å². The molecule has 34 heavy (non-hydrogen) atoms. The Morgan fingerprint density at radius 2 is 1.50 bits per heavy atom. The van der Waals surface area contributed by atoms with Gasteiger partial charge in [-0.2, -0.15) is 0 Å². The van der Waals surface area contributed by atoms with Crippen molar-refractivity contribution in [2.45, 2.75) is 32.2 Å². The number of amides is 1. The van der Waals surface area contributed by atoms with Crippen molar-refractivity contribution in [1.29, 1.82) is 0 Å². The molecule has 1 N–H and O–H groups in total. The lowest BCUT2D eigenvalue weighted by atomic mass is 10.1. The van der Waals surface area contributed by atoms with Crippen LogP contribution >= 0.6 is 0 Å². The Morgan fingerprint density at radius 3 is 2.09 bits per heavy atom. The maximum absolute atomic E-state index is 13.8. The number of carbonyl (C=O) groups is 1. The first-order valence-electron chi connectivity index (χ1n) is 10.8. The molecule has 0 unspecified atom stereocenters. The van der Waals surface area contributed by atoms with Gasteiger partial charge in [0.2, 0.25) is 5.91 Å². The summed E-state index contributed by atoms with van der Waals surface area (Å²) in [5, 5.41) is 2.81. The Hall–Kier alpha value is -3.52. The highest BCUT2D eigenvalue weighted by atomic mass is 32.2. The predicted molar refractivity (Wildman–Crippen MR) is 133 cm³/mol. The summed E-state index contributed by atoms with van der Waals surface area (Å²) in [6.07, 6.45) is 0. The normalized spacial score (nSPS) is 11.1. The molecule has 0 saturated heterocycles. The fourth-order valence-corrected chi connectivity index (χ4v) is 5.29. The first kappa shape index (κ1) is 25.1. The van der Waals surface area contributed by atoms with Crippen molar-refractivity contribution < 1.29 is 22.7 Å². The highest BCUT2D eigenvalue weighted by Gasteiger charge is 2.30. The number of carbonyl (C=O) groups excluding carboxylic acids is 1. The molecule has 0 aromatic heterocycles. The Balaban J connectivity index is 1.94. The maximum atomic E-state index is 13.8. The van der Waals surface area contributed by atoms with Crippen molar-refractivity contribution in [3.05, 3.63) is 82.9 Å². The minimum atomic E-state index is -4.11. The number of anilines is 1. The maximum Gasteiger partial charge on any atom is 0.268 e. The molecule has 0 radical (unpaired) electrons. The molecule has 3 aromatic carbocycles. The van der Waals surface area contributed by atoms with E-state index in [4.69, 9.17) is 9.47 Å². The van der Waals surface area contributed by atoms with E-state index in [0.29, 0.717) is 11.4 Å². The number of sulfonamides is 1. The lowest BCUT2D eigenvalue weighted by molar-refractivity contribution is -0.119. The van der Waals surface area contributed by atoms with E-state index >= 15 is 0 Å². The average Bonchev–Trinajstić information content (AvgIpc) is 2.80. The summed E-state index contributed by atoms with van der Waals surface area (Å²) in [4.78, 5) is 12.9. The van der Waals surface area contributed by atoms with Gasteiger partial charge in [0.15, 0.2) is 0 Å². The van der Waals surface area contributed by atoms with Gasteiger partial charge in [0, 0.05) is 6.54 Å². The molecule has 0 aliphatic heterocycles. The van der Waals surface area contributed by atoms with E-state index in [2.05, 4.69) is 5.32 Å². The summed E-state index contributed by atoms with van der Waals surface area (Å²) >= 11 is 0. The average molecular weight is 483 g/mol. The van der Waals surface area contributed by atoms with Gasteiger partial charge >= 0.3 is 0 Å². The number of hydrogen-bond donors (Lipinski definition) is 1. The van der Waals surface area contributed by atoms with Crippen LogP contribution < -0.4 is 19.1 Å². The van der Waals surface area contributed by atoms with Gasteiger partial charge in [-0.25, -0.2) is 8.42 Å². The topological polar surface area (TPSA) is 84.9 Å². The zero-order valence-electron chi connectivity index (χ0n) is 20.1. The quantitative estimate of drug-likeness (QED) is 0.496. The molecular weight excluding hydrogens is 452 g/mol. The van der Waals surface area contributed by atoms with Gasteiger partial charge in [-0.05, 0) is 79.4 Å². The van der Waals surface area contributed by atoms with E-state index in [1.165, 1.54) is 7.11 Å². The second-order valence-electron chi connectivity index (χ2n) is 8.14. The fourth-order valence-electron chi connectivity index (χ4n) is 3.64. The second-order valence-corrected chi connectivity index (χ2v) is 9.97. The number of hydrogen-bond acceptors (Lipinski definition) is 5. The van der Waals surface area contributed by atoms with E-state index < -0.39 is 15.9 Å². The molecule has 0 saturated carbocycles. The van der Waals surface area contributed by atoms with Crippen LogP contribution in [0.3, 0.4) is 0 Å². The minimum Gasteiger partial charge on any atom is -0.497 e. The van der Waals surface area contributed by atoms with Crippen LogP contribution in [-0.2, 0) is 21.4 Å². The molecule has 3 aromatic rings. The van der Waals surface area contributed by atoms with Gasteiger partial charge < -0.3 is 14.8 Å². The van der Waals surface area contributed by atoms with Crippen LogP contribution in [0.1, 0.15) is 22.3 Å². The van der Waals surface area contributed by atoms with Crippen molar-refractivity contribution >= 4 is 21.6 Å². The summed E-state index contributed by atoms with van der Waals surface area (Å²) in [5.41, 5.74) is 3.84. The van der Waals surface area contributed by atoms with Crippen LogP contribution in [-0.4, -0.2) is 35.1 Å². The summed E-state index contributed by atoms with van der Waals surface area (Å²) in [6, 6.07) is 17.7. The molecular formula is C26H30N2O5S. The third kappa shape index (κ3) is 5.88. The molecule has 8 heteroatoms. The lowest BCUT2D eigenvalue weighted by Crippen LogP contribution is -2.41. The monoisotopic (exact) mass is 482 g/mol. The summed E-state index contributed by atoms with van der Waals surface area (Å²) in [7, 11) is -1.10. The molecule has 3 rings (SSSR count). The molecule has 1 amide bonds. The summed E-state index contributed by atoms with van der Waals surface area (Å²) in [6.45, 7) is 5.47. The number of nitrogens with zero attached hydrogens (tertiary/aromatic N) is 1. The smallest absolute Gasteiger partial charge is 0.268 e. The Labute approximate surface area is 201 Å². The molecule has 0 aliphatic rings. The molecule has 0 fully saturated rings. The fraction of sp³-hybridized carbons (Fsp3) is 0.269. The number of ether oxygens (including phenoxy) is 2. The van der Waals surface area contributed by atoms with Crippen LogP contribution in [0.5, 0.6) is 11.5 Å². The van der Waals surface area contributed by atoms with Crippen molar-refractivity contribution in [1.82, 2.24) is 5.32 Å². The largest absolute Gasteiger partial charge is 0.497 e. The van der Waals surface area contributed by atoms with Crippen molar-refractivity contribution in [2.75, 3.05) is 25.1 Å². The highest BCUT2D eigenvalue weighted by Crippen LogP contribution is 2.31. The Kier molecular flexibility index (Phi) is 7.83.